The second-order valence-electron chi connectivity index (χ2n) is 7.00. The zero-order valence-electron chi connectivity index (χ0n) is 12.8. The molecular weight excluding hydrogens is 260 g/mol. The lowest BCUT2D eigenvalue weighted by Gasteiger charge is -2.43. The van der Waals surface area contributed by atoms with Gasteiger partial charge in [0.1, 0.15) is 0 Å². The summed E-state index contributed by atoms with van der Waals surface area (Å²) in [4.78, 5) is 5.39. The Hall–Kier alpha value is -0.900. The summed E-state index contributed by atoms with van der Waals surface area (Å²) >= 11 is 0. The van der Waals surface area contributed by atoms with Gasteiger partial charge < -0.3 is 4.74 Å². The fourth-order valence-corrected chi connectivity index (χ4v) is 4.00. The maximum absolute atomic E-state index is 5.81. The first-order chi connectivity index (χ1) is 10.3. The molecule has 0 radical (unpaired) electrons. The summed E-state index contributed by atoms with van der Waals surface area (Å²) < 4.78 is 5.81. The second kappa shape index (κ2) is 5.71. The van der Waals surface area contributed by atoms with Crippen molar-refractivity contribution in [2.45, 2.75) is 43.9 Å². The molecule has 3 aliphatic rings. The van der Waals surface area contributed by atoms with Gasteiger partial charge in [-0.05, 0) is 31.2 Å². The van der Waals surface area contributed by atoms with Gasteiger partial charge in [0.2, 0.25) is 0 Å². The summed E-state index contributed by atoms with van der Waals surface area (Å²) in [5, 5.41) is 0. The van der Waals surface area contributed by atoms with E-state index in [2.05, 4.69) is 40.1 Å². The van der Waals surface area contributed by atoms with Gasteiger partial charge in [-0.1, -0.05) is 30.3 Å². The number of piperazine rings is 1. The molecule has 4 rings (SSSR count). The van der Waals surface area contributed by atoms with E-state index < -0.39 is 0 Å². The molecule has 114 valence electrons. The molecule has 0 aromatic heterocycles. The summed E-state index contributed by atoms with van der Waals surface area (Å²) in [6.45, 7) is 6.91. The van der Waals surface area contributed by atoms with Crippen LogP contribution in [0.1, 0.15) is 31.2 Å². The van der Waals surface area contributed by atoms with Crippen LogP contribution in [0.2, 0.25) is 0 Å². The molecule has 3 fully saturated rings. The molecule has 1 spiro atoms. The molecule has 0 bridgehead atoms. The fraction of sp³-hybridized carbons (Fsp3) is 0.667. The average Bonchev–Trinajstić information content (AvgIpc) is 3.07. The number of benzene rings is 1. The molecule has 0 N–H and O–H groups in total. The third kappa shape index (κ3) is 3.01. The van der Waals surface area contributed by atoms with E-state index >= 15 is 0 Å². The van der Waals surface area contributed by atoms with Gasteiger partial charge in [-0.2, -0.15) is 0 Å². The molecule has 1 aromatic rings. The normalized spacial score (nSPS) is 29.0. The summed E-state index contributed by atoms with van der Waals surface area (Å²) in [5.74, 6) is 0. The number of nitrogens with zero attached hydrogens (tertiary/aromatic N) is 2. The minimum absolute atomic E-state index is 0.479. The average molecular weight is 286 g/mol. The topological polar surface area (TPSA) is 15.7 Å². The predicted molar refractivity (Wildman–Crippen MR) is 84.2 cm³/mol. The van der Waals surface area contributed by atoms with Crippen LogP contribution in [-0.2, 0) is 11.3 Å². The Kier molecular flexibility index (Phi) is 3.74. The monoisotopic (exact) mass is 286 g/mol. The molecule has 2 heterocycles. The largest absolute Gasteiger partial charge is 0.377 e. The minimum atomic E-state index is 0.479. The molecule has 21 heavy (non-hydrogen) atoms. The van der Waals surface area contributed by atoms with E-state index in [1.807, 2.05) is 0 Å². The Bertz CT molecular complexity index is 465. The van der Waals surface area contributed by atoms with Gasteiger partial charge in [-0.25, -0.2) is 0 Å². The minimum Gasteiger partial charge on any atom is -0.377 e. The van der Waals surface area contributed by atoms with Crippen molar-refractivity contribution in [2.75, 3.05) is 32.8 Å². The molecule has 0 amide bonds. The molecule has 2 aliphatic heterocycles. The first kappa shape index (κ1) is 13.7. The first-order valence-electron chi connectivity index (χ1n) is 8.47. The number of ether oxygens (including phenoxy) is 1. The molecule has 3 heteroatoms. The molecule has 1 atom stereocenters. The van der Waals surface area contributed by atoms with Gasteiger partial charge in [0, 0.05) is 44.9 Å². The van der Waals surface area contributed by atoms with E-state index in [-0.39, 0.29) is 0 Å². The number of rotatable bonds is 4. The van der Waals surface area contributed by atoms with Gasteiger partial charge in [-0.15, -0.1) is 0 Å². The Morgan fingerprint density at radius 3 is 2.71 bits per heavy atom. The summed E-state index contributed by atoms with van der Waals surface area (Å²) in [6, 6.07) is 10.9. The van der Waals surface area contributed by atoms with Crippen LogP contribution in [-0.4, -0.2) is 54.2 Å². The van der Waals surface area contributed by atoms with Gasteiger partial charge in [0.05, 0.1) is 6.10 Å². The van der Waals surface area contributed by atoms with Crippen LogP contribution < -0.4 is 0 Å². The van der Waals surface area contributed by atoms with Crippen LogP contribution in [0.5, 0.6) is 0 Å². The van der Waals surface area contributed by atoms with Crippen LogP contribution in [0.3, 0.4) is 0 Å². The van der Waals surface area contributed by atoms with Gasteiger partial charge >= 0.3 is 0 Å². The molecule has 1 aromatic carbocycles. The highest BCUT2D eigenvalue weighted by Crippen LogP contribution is 2.45. The van der Waals surface area contributed by atoms with Crippen molar-refractivity contribution in [3.05, 3.63) is 35.9 Å². The zero-order chi connectivity index (χ0) is 14.1. The van der Waals surface area contributed by atoms with Crippen molar-refractivity contribution in [3.8, 4) is 0 Å². The Balaban J connectivity index is 1.36. The zero-order valence-corrected chi connectivity index (χ0v) is 12.8. The van der Waals surface area contributed by atoms with Crippen LogP contribution in [0.4, 0.5) is 0 Å². The highest BCUT2D eigenvalue weighted by atomic mass is 16.5. The summed E-state index contributed by atoms with van der Waals surface area (Å²) in [5.41, 5.74) is 1.93. The summed E-state index contributed by atoms with van der Waals surface area (Å²) in [7, 11) is 0. The fourth-order valence-electron chi connectivity index (χ4n) is 4.00. The third-order valence-corrected chi connectivity index (χ3v) is 5.40. The molecule has 0 unspecified atom stereocenters. The highest BCUT2D eigenvalue weighted by molar-refractivity contribution is 5.17. The van der Waals surface area contributed by atoms with Crippen molar-refractivity contribution in [1.29, 1.82) is 0 Å². The van der Waals surface area contributed by atoms with Crippen LogP contribution in [0.25, 0.3) is 0 Å². The lowest BCUT2D eigenvalue weighted by molar-refractivity contribution is 0.0155. The van der Waals surface area contributed by atoms with Gasteiger partial charge in [0.15, 0.2) is 0 Å². The lowest BCUT2D eigenvalue weighted by atomic mass is 10.1. The SMILES string of the molecule is c1ccc(CN2CCN(C[C@H]3CCCO3)CC23CC3)cc1. The van der Waals surface area contributed by atoms with E-state index in [4.69, 9.17) is 4.74 Å². The van der Waals surface area contributed by atoms with Crippen molar-refractivity contribution >= 4 is 0 Å². The maximum atomic E-state index is 5.81. The molecule has 2 saturated heterocycles. The summed E-state index contributed by atoms with van der Waals surface area (Å²) in [6.07, 6.45) is 5.77. The smallest absolute Gasteiger partial charge is 0.0702 e. The number of hydrogen-bond donors (Lipinski definition) is 0. The van der Waals surface area contributed by atoms with Crippen LogP contribution in [0, 0.1) is 0 Å². The van der Waals surface area contributed by atoms with Gasteiger partial charge in [0.25, 0.3) is 0 Å². The quantitative estimate of drug-likeness (QED) is 0.846. The molecule has 1 aliphatic carbocycles. The highest BCUT2D eigenvalue weighted by Gasteiger charge is 2.51. The van der Waals surface area contributed by atoms with Gasteiger partial charge in [-0.3, -0.25) is 9.80 Å². The second-order valence-corrected chi connectivity index (χ2v) is 7.00. The van der Waals surface area contributed by atoms with E-state index in [9.17, 15) is 0 Å². The van der Waals surface area contributed by atoms with Crippen molar-refractivity contribution in [1.82, 2.24) is 9.80 Å². The van der Waals surface area contributed by atoms with Crippen LogP contribution in [0.15, 0.2) is 30.3 Å². The number of hydrogen-bond acceptors (Lipinski definition) is 3. The van der Waals surface area contributed by atoms with E-state index in [1.165, 1.54) is 50.9 Å². The molecule has 3 nitrogen and oxygen atoms in total. The van der Waals surface area contributed by atoms with Crippen molar-refractivity contribution in [2.24, 2.45) is 0 Å². The third-order valence-electron chi connectivity index (χ3n) is 5.40. The van der Waals surface area contributed by atoms with Crippen LogP contribution >= 0.6 is 0 Å². The molecule has 1 saturated carbocycles. The lowest BCUT2D eigenvalue weighted by Crippen LogP contribution is -2.55. The Morgan fingerprint density at radius 2 is 2.00 bits per heavy atom. The molecular formula is C18H26N2O. The van der Waals surface area contributed by atoms with Crippen molar-refractivity contribution < 1.29 is 4.74 Å². The van der Waals surface area contributed by atoms with E-state index in [0.717, 1.165) is 19.7 Å². The Morgan fingerprint density at radius 1 is 1.14 bits per heavy atom. The maximum Gasteiger partial charge on any atom is 0.0702 e. The first-order valence-corrected chi connectivity index (χ1v) is 8.47. The Labute approximate surface area is 127 Å². The standard InChI is InChI=1S/C18H26N2O/c1-2-5-16(6-3-1)13-20-11-10-19(15-18(20)8-9-18)14-17-7-4-12-21-17/h1-3,5-6,17H,4,7-15H2/t17-/m1/s1. The predicted octanol–water partition coefficient (Wildman–Crippen LogP) is 2.52. The van der Waals surface area contributed by atoms with Crippen molar-refractivity contribution in [3.63, 3.8) is 0 Å². The van der Waals surface area contributed by atoms with E-state index in [0.29, 0.717) is 11.6 Å². The van der Waals surface area contributed by atoms with E-state index in [1.54, 1.807) is 0 Å².